The molecule has 0 aliphatic rings. The highest BCUT2D eigenvalue weighted by molar-refractivity contribution is 6.31. The van der Waals surface area contributed by atoms with E-state index in [1.54, 1.807) is 12.1 Å². The highest BCUT2D eigenvalue weighted by Crippen LogP contribution is 2.22. The van der Waals surface area contributed by atoms with Crippen LogP contribution in [0.5, 0.6) is 0 Å². The van der Waals surface area contributed by atoms with E-state index in [2.05, 4.69) is 9.55 Å². The lowest BCUT2D eigenvalue weighted by molar-refractivity contribution is 0.112. The van der Waals surface area contributed by atoms with Crippen molar-refractivity contribution in [2.45, 2.75) is 6.42 Å². The van der Waals surface area contributed by atoms with Gasteiger partial charge in [0.25, 0.3) is 0 Å². The number of hydrogen-bond acceptors (Lipinski definition) is 2. The van der Waals surface area contributed by atoms with Gasteiger partial charge >= 0.3 is 0 Å². The fourth-order valence-electron chi connectivity index (χ4n) is 2.30. The summed E-state index contributed by atoms with van der Waals surface area (Å²) in [4.78, 5) is 15.4. The molecule has 0 bridgehead atoms. The number of carbonyl (C=O) groups is 1. The number of aryl methyl sites for hydroxylation is 1. The van der Waals surface area contributed by atoms with Crippen LogP contribution in [-0.2, 0) is 13.5 Å². The van der Waals surface area contributed by atoms with Crippen LogP contribution in [-0.4, -0.2) is 15.8 Å². The van der Waals surface area contributed by atoms with E-state index in [1.165, 1.54) is 0 Å². The molecule has 0 saturated heterocycles. The fourth-order valence-corrected chi connectivity index (χ4v) is 2.56. The lowest BCUT2D eigenvalue weighted by Gasteiger charge is -2.05. The number of imidazole rings is 1. The topological polar surface area (TPSA) is 34.9 Å². The van der Waals surface area contributed by atoms with Crippen molar-refractivity contribution in [3.05, 3.63) is 64.4 Å². The molecule has 0 saturated carbocycles. The van der Waals surface area contributed by atoms with Crippen molar-refractivity contribution in [1.29, 1.82) is 0 Å². The molecule has 0 amide bonds. The Morgan fingerprint density at radius 3 is 2.75 bits per heavy atom. The van der Waals surface area contributed by atoms with Crippen LogP contribution in [0.1, 0.15) is 21.7 Å². The van der Waals surface area contributed by atoms with Crippen LogP contribution in [0.4, 0.5) is 0 Å². The Labute approximate surface area is 121 Å². The summed E-state index contributed by atoms with van der Waals surface area (Å²) in [6, 6.07) is 13.4. The maximum atomic E-state index is 10.7. The molecular formula is C16H13ClN2O. The first-order valence-electron chi connectivity index (χ1n) is 6.33. The van der Waals surface area contributed by atoms with Gasteiger partial charge in [-0.05, 0) is 23.8 Å². The molecule has 0 radical (unpaired) electrons. The van der Waals surface area contributed by atoms with Gasteiger partial charge in [-0.25, -0.2) is 4.98 Å². The van der Waals surface area contributed by atoms with Crippen LogP contribution in [0.2, 0.25) is 5.02 Å². The van der Waals surface area contributed by atoms with Crippen molar-refractivity contribution in [3.8, 4) is 0 Å². The van der Waals surface area contributed by atoms with Crippen LogP contribution < -0.4 is 0 Å². The van der Waals surface area contributed by atoms with E-state index in [0.717, 1.165) is 28.7 Å². The van der Waals surface area contributed by atoms with E-state index < -0.39 is 0 Å². The number of aldehydes is 1. The average Bonchev–Trinajstić information content (AvgIpc) is 2.78. The van der Waals surface area contributed by atoms with Crippen LogP contribution in [0.3, 0.4) is 0 Å². The molecular weight excluding hydrogens is 272 g/mol. The first kappa shape index (κ1) is 12.9. The molecule has 3 nitrogen and oxygen atoms in total. The molecule has 2 aromatic carbocycles. The van der Waals surface area contributed by atoms with Crippen LogP contribution in [0, 0.1) is 0 Å². The van der Waals surface area contributed by atoms with Gasteiger partial charge in [0, 0.05) is 24.1 Å². The maximum absolute atomic E-state index is 10.7. The number of fused-ring (bicyclic) bond motifs is 1. The molecule has 0 aliphatic carbocycles. The van der Waals surface area contributed by atoms with Crippen molar-refractivity contribution in [3.63, 3.8) is 0 Å². The Morgan fingerprint density at radius 2 is 2.05 bits per heavy atom. The molecule has 1 heterocycles. The van der Waals surface area contributed by atoms with E-state index >= 15 is 0 Å². The van der Waals surface area contributed by atoms with Gasteiger partial charge in [0.2, 0.25) is 0 Å². The molecule has 100 valence electrons. The SMILES string of the molecule is Cn1c(Cc2ccc(C=O)cc2Cl)nc2ccccc21. The number of aromatic nitrogens is 2. The van der Waals surface area contributed by atoms with Gasteiger partial charge in [-0.1, -0.05) is 35.9 Å². The number of rotatable bonds is 3. The van der Waals surface area contributed by atoms with Crippen LogP contribution >= 0.6 is 11.6 Å². The summed E-state index contributed by atoms with van der Waals surface area (Å²) in [7, 11) is 2.00. The summed E-state index contributed by atoms with van der Waals surface area (Å²) in [5.74, 6) is 0.951. The first-order valence-corrected chi connectivity index (χ1v) is 6.71. The van der Waals surface area contributed by atoms with E-state index in [1.807, 2.05) is 37.4 Å². The van der Waals surface area contributed by atoms with Gasteiger partial charge in [-0.2, -0.15) is 0 Å². The Kier molecular flexibility index (Phi) is 3.28. The quantitative estimate of drug-likeness (QED) is 0.689. The van der Waals surface area contributed by atoms with Gasteiger partial charge < -0.3 is 4.57 Å². The molecule has 4 heteroatoms. The van der Waals surface area contributed by atoms with Crippen molar-refractivity contribution in [1.82, 2.24) is 9.55 Å². The van der Waals surface area contributed by atoms with Crippen molar-refractivity contribution < 1.29 is 4.79 Å². The third-order valence-corrected chi connectivity index (χ3v) is 3.79. The Bertz CT molecular complexity index is 792. The highest BCUT2D eigenvalue weighted by atomic mass is 35.5. The Balaban J connectivity index is 2.01. The number of carbonyl (C=O) groups excluding carboxylic acids is 1. The number of halogens is 1. The van der Waals surface area contributed by atoms with Crippen molar-refractivity contribution >= 4 is 28.9 Å². The van der Waals surface area contributed by atoms with E-state index in [4.69, 9.17) is 11.6 Å². The highest BCUT2D eigenvalue weighted by Gasteiger charge is 2.10. The number of para-hydroxylation sites is 2. The fraction of sp³-hybridized carbons (Fsp3) is 0.125. The lowest BCUT2D eigenvalue weighted by atomic mass is 10.1. The summed E-state index contributed by atoms with van der Waals surface area (Å²) in [5, 5.41) is 0.599. The van der Waals surface area contributed by atoms with Crippen molar-refractivity contribution in [2.75, 3.05) is 0 Å². The number of hydrogen-bond donors (Lipinski definition) is 0. The number of nitrogens with zero attached hydrogens (tertiary/aromatic N) is 2. The van der Waals surface area contributed by atoms with Gasteiger partial charge in [-0.15, -0.1) is 0 Å². The molecule has 3 aromatic rings. The van der Waals surface area contributed by atoms with Gasteiger partial charge in [0.1, 0.15) is 12.1 Å². The Morgan fingerprint density at radius 1 is 1.25 bits per heavy atom. The molecule has 0 aliphatic heterocycles. The Hall–Kier alpha value is -2.13. The van der Waals surface area contributed by atoms with Gasteiger partial charge in [0.15, 0.2) is 0 Å². The van der Waals surface area contributed by atoms with E-state index in [-0.39, 0.29) is 0 Å². The summed E-state index contributed by atoms with van der Waals surface area (Å²) < 4.78 is 2.07. The molecule has 0 unspecified atom stereocenters. The molecule has 0 atom stereocenters. The minimum atomic E-state index is 0.587. The van der Waals surface area contributed by atoms with Crippen LogP contribution in [0.25, 0.3) is 11.0 Å². The third kappa shape index (κ3) is 2.21. The summed E-state index contributed by atoms with van der Waals surface area (Å²) in [5.41, 5.74) is 3.63. The van der Waals surface area contributed by atoms with Gasteiger partial charge in [0.05, 0.1) is 11.0 Å². The van der Waals surface area contributed by atoms with Crippen LogP contribution in [0.15, 0.2) is 42.5 Å². The minimum absolute atomic E-state index is 0.587. The second-order valence-electron chi connectivity index (χ2n) is 4.72. The van der Waals surface area contributed by atoms with E-state index in [0.29, 0.717) is 17.0 Å². The summed E-state index contributed by atoms with van der Waals surface area (Å²) in [6.07, 6.45) is 1.44. The predicted molar refractivity (Wildman–Crippen MR) is 80.4 cm³/mol. The molecule has 0 N–H and O–H groups in total. The smallest absolute Gasteiger partial charge is 0.150 e. The average molecular weight is 285 g/mol. The monoisotopic (exact) mass is 284 g/mol. The van der Waals surface area contributed by atoms with Gasteiger partial charge in [-0.3, -0.25) is 4.79 Å². The molecule has 0 spiro atoms. The summed E-state index contributed by atoms with van der Waals surface area (Å²) >= 11 is 6.21. The second kappa shape index (κ2) is 5.10. The zero-order valence-electron chi connectivity index (χ0n) is 11.0. The maximum Gasteiger partial charge on any atom is 0.150 e. The normalized spacial score (nSPS) is 10.9. The molecule has 0 fully saturated rings. The predicted octanol–water partition coefficient (Wildman–Crippen LogP) is 3.63. The molecule has 20 heavy (non-hydrogen) atoms. The minimum Gasteiger partial charge on any atom is -0.331 e. The zero-order chi connectivity index (χ0) is 14.1. The third-order valence-electron chi connectivity index (χ3n) is 3.44. The zero-order valence-corrected chi connectivity index (χ0v) is 11.8. The molecule has 3 rings (SSSR count). The molecule has 1 aromatic heterocycles. The van der Waals surface area contributed by atoms with Crippen molar-refractivity contribution in [2.24, 2.45) is 7.05 Å². The van der Waals surface area contributed by atoms with E-state index in [9.17, 15) is 4.79 Å². The summed E-state index contributed by atoms with van der Waals surface area (Å²) in [6.45, 7) is 0. The second-order valence-corrected chi connectivity index (χ2v) is 5.13. The lowest BCUT2D eigenvalue weighted by Crippen LogP contribution is -2.00. The first-order chi connectivity index (χ1) is 9.69. The largest absolute Gasteiger partial charge is 0.331 e. The number of benzene rings is 2. The standard InChI is InChI=1S/C16H13ClN2O/c1-19-15-5-3-2-4-14(15)18-16(19)9-12-7-6-11(10-20)8-13(12)17/h2-8,10H,9H2,1H3.